The van der Waals surface area contributed by atoms with Crippen LogP contribution < -0.4 is 5.32 Å². The number of benzene rings is 1. The monoisotopic (exact) mass is 191 g/mol. The van der Waals surface area contributed by atoms with E-state index in [9.17, 15) is 4.79 Å². The molecule has 76 valence electrons. The zero-order valence-corrected chi connectivity index (χ0v) is 9.05. The topological polar surface area (TPSA) is 29.1 Å². The van der Waals surface area contributed by atoms with Crippen LogP contribution in [-0.4, -0.2) is 5.91 Å². The Morgan fingerprint density at radius 2 is 2.07 bits per heavy atom. The van der Waals surface area contributed by atoms with Gasteiger partial charge in [-0.15, -0.1) is 0 Å². The number of carbonyl (C=O) groups is 1. The molecule has 0 aliphatic carbocycles. The van der Waals surface area contributed by atoms with Crippen LogP contribution in [0, 0.1) is 13.8 Å². The maximum absolute atomic E-state index is 11.1. The number of hydrogen-bond acceptors (Lipinski definition) is 1. The highest BCUT2D eigenvalue weighted by atomic mass is 16.1. The van der Waals surface area contributed by atoms with Gasteiger partial charge in [-0.3, -0.25) is 4.79 Å². The maximum atomic E-state index is 11.1. The van der Waals surface area contributed by atoms with Gasteiger partial charge in [0.1, 0.15) is 0 Å². The van der Waals surface area contributed by atoms with Gasteiger partial charge in [0.2, 0.25) is 5.91 Å². The molecule has 0 radical (unpaired) electrons. The van der Waals surface area contributed by atoms with Gasteiger partial charge in [0.25, 0.3) is 0 Å². The van der Waals surface area contributed by atoms with Crippen LogP contribution >= 0.6 is 0 Å². The predicted molar refractivity (Wildman–Crippen MR) is 58.1 cm³/mol. The lowest BCUT2D eigenvalue weighted by atomic mass is 10.1. The lowest BCUT2D eigenvalue weighted by molar-refractivity contribution is -0.120. The first kappa shape index (κ1) is 10.8. The number of hydrogen-bond donors (Lipinski definition) is 1. The summed E-state index contributed by atoms with van der Waals surface area (Å²) in [5.74, 6) is 0.102. The van der Waals surface area contributed by atoms with Gasteiger partial charge < -0.3 is 5.32 Å². The SMILES string of the molecule is CCC(=O)NCc1ccc(C)cc1C. The van der Waals surface area contributed by atoms with Crippen molar-refractivity contribution in [2.24, 2.45) is 0 Å². The van der Waals surface area contributed by atoms with Crippen molar-refractivity contribution in [3.05, 3.63) is 34.9 Å². The van der Waals surface area contributed by atoms with E-state index in [0.29, 0.717) is 13.0 Å². The number of amides is 1. The van der Waals surface area contributed by atoms with Crippen LogP contribution in [0.5, 0.6) is 0 Å². The fourth-order valence-electron chi connectivity index (χ4n) is 1.36. The van der Waals surface area contributed by atoms with Gasteiger partial charge in [-0.2, -0.15) is 0 Å². The Balaban J connectivity index is 2.63. The van der Waals surface area contributed by atoms with E-state index in [1.54, 1.807) is 0 Å². The summed E-state index contributed by atoms with van der Waals surface area (Å²) in [6.07, 6.45) is 0.547. The highest BCUT2D eigenvalue weighted by Gasteiger charge is 2.00. The smallest absolute Gasteiger partial charge is 0.219 e. The van der Waals surface area contributed by atoms with E-state index in [2.05, 4.69) is 37.4 Å². The molecule has 0 atom stereocenters. The van der Waals surface area contributed by atoms with E-state index in [4.69, 9.17) is 0 Å². The van der Waals surface area contributed by atoms with Gasteiger partial charge in [0.05, 0.1) is 0 Å². The summed E-state index contributed by atoms with van der Waals surface area (Å²) in [4.78, 5) is 11.1. The van der Waals surface area contributed by atoms with Crippen LogP contribution in [-0.2, 0) is 11.3 Å². The average Bonchev–Trinajstić information content (AvgIpc) is 2.16. The molecular weight excluding hydrogens is 174 g/mol. The summed E-state index contributed by atoms with van der Waals surface area (Å²) in [6.45, 7) is 6.64. The molecule has 0 saturated heterocycles. The number of nitrogens with one attached hydrogen (secondary N) is 1. The minimum absolute atomic E-state index is 0.102. The molecule has 2 heteroatoms. The molecule has 1 rings (SSSR count). The highest BCUT2D eigenvalue weighted by Crippen LogP contribution is 2.09. The third kappa shape index (κ3) is 2.87. The standard InChI is InChI=1S/C12H17NO/c1-4-12(14)13-8-11-6-5-9(2)7-10(11)3/h5-7H,4,8H2,1-3H3,(H,13,14). The Morgan fingerprint density at radius 3 is 2.64 bits per heavy atom. The summed E-state index contributed by atoms with van der Waals surface area (Å²) < 4.78 is 0. The fourth-order valence-corrected chi connectivity index (χ4v) is 1.36. The highest BCUT2D eigenvalue weighted by molar-refractivity contribution is 5.75. The Kier molecular flexibility index (Phi) is 3.69. The molecular formula is C12H17NO. The van der Waals surface area contributed by atoms with Crippen molar-refractivity contribution in [2.45, 2.75) is 33.7 Å². The minimum Gasteiger partial charge on any atom is -0.352 e. The molecule has 1 aromatic rings. The lowest BCUT2D eigenvalue weighted by Gasteiger charge is -2.07. The first-order valence-corrected chi connectivity index (χ1v) is 4.96. The summed E-state index contributed by atoms with van der Waals surface area (Å²) in [5, 5.41) is 2.87. The van der Waals surface area contributed by atoms with E-state index in [1.807, 2.05) is 6.92 Å². The van der Waals surface area contributed by atoms with Crippen molar-refractivity contribution in [2.75, 3.05) is 0 Å². The zero-order chi connectivity index (χ0) is 10.6. The molecule has 0 heterocycles. The summed E-state index contributed by atoms with van der Waals surface area (Å²) in [5.41, 5.74) is 3.69. The van der Waals surface area contributed by atoms with Gasteiger partial charge in [-0.1, -0.05) is 30.7 Å². The van der Waals surface area contributed by atoms with Crippen molar-refractivity contribution >= 4 is 5.91 Å². The molecule has 0 aliphatic rings. The Labute approximate surface area is 85.3 Å². The Hall–Kier alpha value is -1.31. The predicted octanol–water partition coefficient (Wildman–Crippen LogP) is 2.33. The maximum Gasteiger partial charge on any atom is 0.219 e. The molecule has 0 aromatic heterocycles. The Morgan fingerprint density at radius 1 is 1.36 bits per heavy atom. The molecule has 1 aromatic carbocycles. The lowest BCUT2D eigenvalue weighted by Crippen LogP contribution is -2.21. The van der Waals surface area contributed by atoms with E-state index >= 15 is 0 Å². The van der Waals surface area contributed by atoms with Crippen LogP contribution in [0.15, 0.2) is 18.2 Å². The van der Waals surface area contributed by atoms with Crippen molar-refractivity contribution in [3.8, 4) is 0 Å². The second-order valence-electron chi connectivity index (χ2n) is 3.56. The number of aryl methyl sites for hydroxylation is 2. The van der Waals surface area contributed by atoms with Crippen LogP contribution in [0.3, 0.4) is 0 Å². The average molecular weight is 191 g/mol. The third-order valence-corrected chi connectivity index (χ3v) is 2.30. The van der Waals surface area contributed by atoms with E-state index in [-0.39, 0.29) is 5.91 Å². The summed E-state index contributed by atoms with van der Waals surface area (Å²) in [7, 11) is 0. The first-order valence-electron chi connectivity index (χ1n) is 4.96. The van der Waals surface area contributed by atoms with Gasteiger partial charge in [0.15, 0.2) is 0 Å². The Bertz CT molecular complexity index is 331. The first-order chi connectivity index (χ1) is 6.63. The molecule has 0 spiro atoms. The second kappa shape index (κ2) is 4.80. The minimum atomic E-state index is 0.102. The molecule has 0 aliphatic heterocycles. The van der Waals surface area contributed by atoms with Gasteiger partial charge in [-0.25, -0.2) is 0 Å². The molecule has 0 bridgehead atoms. The number of rotatable bonds is 3. The van der Waals surface area contributed by atoms with Gasteiger partial charge >= 0.3 is 0 Å². The largest absolute Gasteiger partial charge is 0.352 e. The van der Waals surface area contributed by atoms with Crippen LogP contribution in [0.4, 0.5) is 0 Å². The van der Waals surface area contributed by atoms with Crippen molar-refractivity contribution < 1.29 is 4.79 Å². The molecule has 1 amide bonds. The summed E-state index contributed by atoms with van der Waals surface area (Å²) in [6, 6.07) is 6.27. The molecule has 0 saturated carbocycles. The van der Waals surface area contributed by atoms with E-state index in [0.717, 1.165) is 0 Å². The van der Waals surface area contributed by atoms with Crippen molar-refractivity contribution in [3.63, 3.8) is 0 Å². The normalized spacial score (nSPS) is 9.93. The third-order valence-electron chi connectivity index (χ3n) is 2.30. The summed E-state index contributed by atoms with van der Waals surface area (Å²) >= 11 is 0. The van der Waals surface area contributed by atoms with Crippen molar-refractivity contribution in [1.82, 2.24) is 5.32 Å². The molecule has 0 fully saturated rings. The van der Waals surface area contributed by atoms with Gasteiger partial charge in [0, 0.05) is 13.0 Å². The van der Waals surface area contributed by atoms with E-state index in [1.165, 1.54) is 16.7 Å². The zero-order valence-electron chi connectivity index (χ0n) is 9.05. The second-order valence-corrected chi connectivity index (χ2v) is 3.56. The van der Waals surface area contributed by atoms with Crippen molar-refractivity contribution in [1.29, 1.82) is 0 Å². The van der Waals surface area contributed by atoms with Gasteiger partial charge in [-0.05, 0) is 25.0 Å². The van der Waals surface area contributed by atoms with Crippen LogP contribution in [0.2, 0.25) is 0 Å². The van der Waals surface area contributed by atoms with Crippen LogP contribution in [0.25, 0.3) is 0 Å². The van der Waals surface area contributed by atoms with Crippen LogP contribution in [0.1, 0.15) is 30.0 Å². The molecule has 2 nitrogen and oxygen atoms in total. The fraction of sp³-hybridized carbons (Fsp3) is 0.417. The quantitative estimate of drug-likeness (QED) is 0.780. The van der Waals surface area contributed by atoms with E-state index < -0.39 is 0 Å². The molecule has 0 unspecified atom stereocenters. The number of carbonyl (C=O) groups excluding carboxylic acids is 1. The molecule has 14 heavy (non-hydrogen) atoms. The molecule has 1 N–H and O–H groups in total.